The van der Waals surface area contributed by atoms with Gasteiger partial charge in [0.1, 0.15) is 6.54 Å². The molecule has 2 aromatic carbocycles. The van der Waals surface area contributed by atoms with E-state index < -0.39 is 34.5 Å². The monoisotopic (exact) mass is 401 g/mol. The van der Waals surface area contributed by atoms with Gasteiger partial charge >= 0.3 is 5.97 Å². The second-order valence-corrected chi connectivity index (χ2v) is 7.66. The van der Waals surface area contributed by atoms with Crippen molar-refractivity contribution in [1.29, 1.82) is 5.26 Å². The molecule has 0 unspecified atom stereocenters. The summed E-state index contributed by atoms with van der Waals surface area (Å²) in [4.78, 5) is 23.9. The van der Waals surface area contributed by atoms with E-state index in [9.17, 15) is 18.0 Å². The molecule has 0 aromatic heterocycles. The number of amides is 1. The molecule has 2 rings (SSSR count). The van der Waals surface area contributed by atoms with Crippen molar-refractivity contribution in [3.8, 4) is 6.07 Å². The van der Waals surface area contributed by atoms with Gasteiger partial charge in [0.2, 0.25) is 10.0 Å². The van der Waals surface area contributed by atoms with Crippen LogP contribution in [0.5, 0.6) is 0 Å². The molecule has 0 saturated carbocycles. The highest BCUT2D eigenvalue weighted by Crippen LogP contribution is 2.14. The van der Waals surface area contributed by atoms with E-state index in [1.807, 2.05) is 25.1 Å². The quantitative estimate of drug-likeness (QED) is 0.681. The van der Waals surface area contributed by atoms with Crippen molar-refractivity contribution in [2.45, 2.75) is 24.8 Å². The van der Waals surface area contributed by atoms with E-state index in [2.05, 4.69) is 10.0 Å². The largest absolute Gasteiger partial charge is 0.452 e. The van der Waals surface area contributed by atoms with E-state index in [1.54, 1.807) is 12.1 Å². The van der Waals surface area contributed by atoms with Crippen LogP contribution in [0, 0.1) is 18.3 Å². The number of nitrogens with one attached hydrogen (secondary N) is 2. The predicted octanol–water partition coefficient (Wildman–Crippen LogP) is 1.72. The number of benzene rings is 2. The highest BCUT2D eigenvalue weighted by atomic mass is 32.2. The smallest absolute Gasteiger partial charge is 0.321 e. The molecular weight excluding hydrogens is 382 g/mol. The number of carbonyl (C=O) groups is 2. The zero-order chi connectivity index (χ0) is 20.7. The molecule has 0 radical (unpaired) electrons. The lowest BCUT2D eigenvalue weighted by atomic mass is 10.2. The van der Waals surface area contributed by atoms with Gasteiger partial charge in [0, 0.05) is 5.69 Å². The van der Waals surface area contributed by atoms with Crippen molar-refractivity contribution >= 4 is 27.6 Å². The Bertz CT molecular complexity index is 1010. The van der Waals surface area contributed by atoms with E-state index in [0.29, 0.717) is 11.3 Å². The Hall–Kier alpha value is -3.22. The summed E-state index contributed by atoms with van der Waals surface area (Å²) in [6.07, 6.45) is -1.11. The maximum atomic E-state index is 12.2. The van der Waals surface area contributed by atoms with Gasteiger partial charge in [-0.05, 0) is 49.7 Å². The van der Waals surface area contributed by atoms with Gasteiger partial charge in [-0.25, -0.2) is 8.42 Å². The first-order valence-electron chi connectivity index (χ1n) is 8.29. The normalized spacial score (nSPS) is 11.9. The third-order valence-electron chi connectivity index (χ3n) is 3.78. The molecule has 0 fully saturated rings. The minimum Gasteiger partial charge on any atom is -0.452 e. The van der Waals surface area contributed by atoms with Gasteiger partial charge in [0.05, 0.1) is 16.5 Å². The Labute approximate surface area is 163 Å². The van der Waals surface area contributed by atoms with Gasteiger partial charge in [-0.15, -0.1) is 0 Å². The maximum absolute atomic E-state index is 12.2. The van der Waals surface area contributed by atoms with Crippen LogP contribution in [0.4, 0.5) is 5.69 Å². The number of nitriles is 1. The average Bonchev–Trinajstić information content (AvgIpc) is 2.68. The van der Waals surface area contributed by atoms with Crippen LogP contribution in [0.2, 0.25) is 0 Å². The minimum absolute atomic E-state index is 0.0929. The van der Waals surface area contributed by atoms with Gasteiger partial charge in [-0.1, -0.05) is 18.2 Å². The molecule has 8 nitrogen and oxygen atoms in total. The van der Waals surface area contributed by atoms with Crippen LogP contribution in [0.3, 0.4) is 0 Å². The number of nitrogens with zero attached hydrogens (tertiary/aromatic N) is 1. The summed E-state index contributed by atoms with van der Waals surface area (Å²) >= 11 is 0. The van der Waals surface area contributed by atoms with Gasteiger partial charge in [-0.3, -0.25) is 9.59 Å². The van der Waals surface area contributed by atoms with E-state index in [4.69, 9.17) is 10.00 Å². The number of aryl methyl sites for hydroxylation is 1. The molecule has 0 aliphatic carbocycles. The first kappa shape index (κ1) is 21.1. The molecule has 0 heterocycles. The van der Waals surface area contributed by atoms with Crippen LogP contribution in [-0.2, 0) is 24.3 Å². The van der Waals surface area contributed by atoms with E-state index in [0.717, 1.165) is 5.56 Å². The lowest BCUT2D eigenvalue weighted by molar-refractivity contribution is -0.151. The fourth-order valence-corrected chi connectivity index (χ4v) is 3.15. The Morgan fingerprint density at radius 1 is 1.14 bits per heavy atom. The summed E-state index contributed by atoms with van der Waals surface area (Å²) in [6, 6.07) is 14.2. The van der Waals surface area contributed by atoms with Gasteiger partial charge in [-0.2, -0.15) is 9.98 Å². The molecule has 0 aliphatic rings. The molecule has 2 aromatic rings. The first-order valence-corrected chi connectivity index (χ1v) is 9.77. The molecule has 0 spiro atoms. The van der Waals surface area contributed by atoms with Crippen molar-refractivity contribution in [2.75, 3.05) is 11.9 Å². The summed E-state index contributed by atoms with van der Waals surface area (Å²) in [5, 5.41) is 11.4. The van der Waals surface area contributed by atoms with E-state index >= 15 is 0 Å². The maximum Gasteiger partial charge on any atom is 0.321 e. The predicted molar refractivity (Wildman–Crippen MR) is 102 cm³/mol. The second kappa shape index (κ2) is 9.12. The van der Waals surface area contributed by atoms with Crippen molar-refractivity contribution in [3.63, 3.8) is 0 Å². The lowest BCUT2D eigenvalue weighted by Crippen LogP contribution is -2.35. The summed E-state index contributed by atoms with van der Waals surface area (Å²) < 4.78 is 31.4. The molecule has 1 atom stereocenters. The molecule has 2 N–H and O–H groups in total. The molecule has 0 bridgehead atoms. The van der Waals surface area contributed by atoms with Gasteiger partial charge in [0.25, 0.3) is 5.91 Å². The summed E-state index contributed by atoms with van der Waals surface area (Å²) in [5.74, 6) is -1.43. The summed E-state index contributed by atoms with van der Waals surface area (Å²) in [6.45, 7) is 2.58. The Kier molecular flexibility index (Phi) is 6.87. The molecule has 28 heavy (non-hydrogen) atoms. The van der Waals surface area contributed by atoms with E-state index in [1.165, 1.54) is 31.2 Å². The van der Waals surface area contributed by atoms with Crippen LogP contribution in [0.25, 0.3) is 0 Å². The summed E-state index contributed by atoms with van der Waals surface area (Å²) in [7, 11) is -3.95. The average molecular weight is 401 g/mol. The van der Waals surface area contributed by atoms with Crippen LogP contribution >= 0.6 is 0 Å². The van der Waals surface area contributed by atoms with Crippen LogP contribution in [0.1, 0.15) is 18.1 Å². The number of hydrogen-bond donors (Lipinski definition) is 2. The molecular formula is C19H19N3O5S. The number of sulfonamides is 1. The molecule has 0 saturated heterocycles. The number of carbonyl (C=O) groups excluding carboxylic acids is 2. The zero-order valence-electron chi connectivity index (χ0n) is 15.3. The number of para-hydroxylation sites is 1. The first-order chi connectivity index (χ1) is 13.2. The highest BCUT2D eigenvalue weighted by molar-refractivity contribution is 7.89. The summed E-state index contributed by atoms with van der Waals surface area (Å²) in [5.41, 5.74) is 1.76. The van der Waals surface area contributed by atoms with Crippen LogP contribution < -0.4 is 10.0 Å². The number of anilines is 1. The van der Waals surface area contributed by atoms with Gasteiger partial charge < -0.3 is 10.1 Å². The Balaban J connectivity index is 1.89. The number of esters is 1. The number of hydrogen-bond acceptors (Lipinski definition) is 6. The molecule has 1 amide bonds. The SMILES string of the molecule is Cc1ccccc1NC(=O)[C@@H](C)OC(=O)CNS(=O)(=O)c1ccc(C#N)cc1. The van der Waals surface area contributed by atoms with Crippen LogP contribution in [0.15, 0.2) is 53.4 Å². The third kappa shape index (κ3) is 5.64. The molecule has 0 aliphatic heterocycles. The lowest BCUT2D eigenvalue weighted by Gasteiger charge is -2.15. The number of ether oxygens (including phenoxy) is 1. The number of rotatable bonds is 7. The van der Waals surface area contributed by atoms with Crippen LogP contribution in [-0.4, -0.2) is 32.9 Å². The van der Waals surface area contributed by atoms with E-state index in [-0.39, 0.29) is 4.90 Å². The zero-order valence-corrected chi connectivity index (χ0v) is 16.1. The van der Waals surface area contributed by atoms with Crippen molar-refractivity contribution < 1.29 is 22.7 Å². The van der Waals surface area contributed by atoms with Crippen molar-refractivity contribution in [1.82, 2.24) is 4.72 Å². The minimum atomic E-state index is -3.95. The third-order valence-corrected chi connectivity index (χ3v) is 5.20. The fourth-order valence-electron chi connectivity index (χ4n) is 2.19. The second-order valence-electron chi connectivity index (χ2n) is 5.90. The topological polar surface area (TPSA) is 125 Å². The van der Waals surface area contributed by atoms with Crippen molar-refractivity contribution in [2.24, 2.45) is 0 Å². The standard InChI is InChI=1S/C19H19N3O5S/c1-13-5-3-4-6-17(13)22-19(24)14(2)27-18(23)12-21-28(25,26)16-9-7-15(11-20)8-10-16/h3-10,14,21H,12H2,1-2H3,(H,22,24)/t14-/m1/s1. The molecule has 9 heteroatoms. The highest BCUT2D eigenvalue weighted by Gasteiger charge is 2.21. The Morgan fingerprint density at radius 3 is 2.39 bits per heavy atom. The van der Waals surface area contributed by atoms with Gasteiger partial charge in [0.15, 0.2) is 6.10 Å². The Morgan fingerprint density at radius 2 is 1.79 bits per heavy atom. The molecule has 146 valence electrons. The fraction of sp³-hybridized carbons (Fsp3) is 0.211. The van der Waals surface area contributed by atoms with Crippen molar-refractivity contribution in [3.05, 3.63) is 59.7 Å².